The molecule has 1 fully saturated rings. The molecule has 1 aliphatic heterocycles. The highest BCUT2D eigenvalue weighted by atomic mass is 16.5. The number of nitrogens with zero attached hydrogens (tertiary/aromatic N) is 1. The SMILES string of the molecule is C/C=C\C=C(/C)C(C)CN1CCCCC12CCc1cc(OC)ccc1C2=O.CC. The van der Waals surface area contributed by atoms with E-state index in [0.717, 1.165) is 55.6 Å². The fourth-order valence-electron chi connectivity index (χ4n) is 4.62. The normalized spacial score (nSPS) is 23.5. The van der Waals surface area contributed by atoms with Gasteiger partial charge in [-0.1, -0.05) is 44.6 Å². The zero-order valence-electron chi connectivity index (χ0n) is 19.3. The summed E-state index contributed by atoms with van der Waals surface area (Å²) in [6.07, 6.45) is 11.6. The first-order valence-electron chi connectivity index (χ1n) is 11.3. The van der Waals surface area contributed by atoms with Crippen LogP contribution in [-0.4, -0.2) is 36.4 Å². The van der Waals surface area contributed by atoms with Crippen LogP contribution in [0.15, 0.2) is 42.0 Å². The molecule has 1 aromatic rings. The number of rotatable bonds is 5. The number of methoxy groups -OCH3 is 1. The van der Waals surface area contributed by atoms with Gasteiger partial charge in [0.2, 0.25) is 0 Å². The number of carbonyl (C=O) groups is 1. The van der Waals surface area contributed by atoms with Crippen molar-refractivity contribution < 1.29 is 9.53 Å². The van der Waals surface area contributed by atoms with Crippen LogP contribution in [0.5, 0.6) is 5.75 Å². The number of Topliss-reactive ketones (excluding diaryl/α,β-unsaturated/α-hetero) is 1. The van der Waals surface area contributed by atoms with Gasteiger partial charge in [0, 0.05) is 12.1 Å². The number of fused-ring (bicyclic) bond motifs is 1. The molecule has 3 nitrogen and oxygen atoms in total. The summed E-state index contributed by atoms with van der Waals surface area (Å²) in [6, 6.07) is 5.94. The van der Waals surface area contributed by atoms with Crippen molar-refractivity contribution in [3.8, 4) is 5.75 Å². The maximum atomic E-state index is 13.6. The van der Waals surface area contributed by atoms with Crippen LogP contribution in [0.25, 0.3) is 0 Å². The number of hydrogen-bond donors (Lipinski definition) is 0. The maximum absolute atomic E-state index is 13.6. The molecule has 2 unspecified atom stereocenters. The lowest BCUT2D eigenvalue weighted by Crippen LogP contribution is -2.60. The van der Waals surface area contributed by atoms with Crippen molar-refractivity contribution >= 4 is 5.78 Å². The van der Waals surface area contributed by atoms with Crippen LogP contribution in [0, 0.1) is 5.92 Å². The van der Waals surface area contributed by atoms with Gasteiger partial charge in [-0.15, -0.1) is 0 Å². The van der Waals surface area contributed by atoms with Crippen LogP contribution in [0.3, 0.4) is 0 Å². The van der Waals surface area contributed by atoms with Crippen LogP contribution in [0.1, 0.15) is 76.2 Å². The summed E-state index contributed by atoms with van der Waals surface area (Å²) in [5.74, 6) is 1.62. The molecular formula is C26H39NO2. The topological polar surface area (TPSA) is 29.5 Å². The standard InChI is InChI=1S/C24H33NO2.C2H6/c1-5-6-9-18(2)19(3)17-25-15-8-7-13-24(25)14-12-20-16-21(27-4)10-11-22(20)23(24)26;1-2/h5-6,9-11,16,19H,7-8,12-15,17H2,1-4H3;1-2H3/b6-5-,18-9+;. The number of ketones is 1. The Balaban J connectivity index is 0.00000145. The highest BCUT2D eigenvalue weighted by molar-refractivity contribution is 6.05. The van der Waals surface area contributed by atoms with E-state index in [-0.39, 0.29) is 5.54 Å². The van der Waals surface area contributed by atoms with E-state index < -0.39 is 0 Å². The molecule has 0 bridgehead atoms. The molecule has 0 aromatic heterocycles. The zero-order chi connectivity index (χ0) is 21.4. The summed E-state index contributed by atoms with van der Waals surface area (Å²) in [5, 5.41) is 0. The smallest absolute Gasteiger partial charge is 0.183 e. The Morgan fingerprint density at radius 1 is 1.28 bits per heavy atom. The number of benzene rings is 1. The van der Waals surface area contributed by atoms with Crippen LogP contribution in [0.2, 0.25) is 0 Å². The van der Waals surface area contributed by atoms with Crippen molar-refractivity contribution in [3.05, 3.63) is 53.1 Å². The minimum atomic E-state index is -0.311. The lowest BCUT2D eigenvalue weighted by Gasteiger charge is -2.49. The number of carbonyl (C=O) groups excluding carboxylic acids is 1. The van der Waals surface area contributed by atoms with Crippen molar-refractivity contribution in [3.63, 3.8) is 0 Å². The van der Waals surface area contributed by atoms with Gasteiger partial charge in [-0.2, -0.15) is 0 Å². The van der Waals surface area contributed by atoms with Crippen LogP contribution in [-0.2, 0) is 6.42 Å². The van der Waals surface area contributed by atoms with E-state index in [1.54, 1.807) is 7.11 Å². The molecule has 0 N–H and O–H groups in total. The molecule has 29 heavy (non-hydrogen) atoms. The molecule has 0 amide bonds. The maximum Gasteiger partial charge on any atom is 0.183 e. The van der Waals surface area contributed by atoms with Crippen molar-refractivity contribution in [1.29, 1.82) is 0 Å². The molecule has 2 aliphatic rings. The second kappa shape index (κ2) is 10.8. The Kier molecular flexibility index (Phi) is 8.70. The number of allylic oxidation sites excluding steroid dienone is 3. The minimum Gasteiger partial charge on any atom is -0.497 e. The molecule has 160 valence electrons. The third-order valence-corrected chi connectivity index (χ3v) is 6.48. The molecule has 1 aromatic carbocycles. The number of hydrogen-bond acceptors (Lipinski definition) is 3. The first-order chi connectivity index (χ1) is 14.0. The number of ether oxygens (including phenoxy) is 1. The monoisotopic (exact) mass is 397 g/mol. The van der Waals surface area contributed by atoms with E-state index in [1.165, 1.54) is 12.0 Å². The molecule has 3 heteroatoms. The Bertz CT molecular complexity index is 749. The van der Waals surface area contributed by atoms with Gasteiger partial charge in [0.25, 0.3) is 0 Å². The average molecular weight is 398 g/mol. The van der Waals surface area contributed by atoms with Crippen LogP contribution < -0.4 is 4.74 Å². The number of aryl methyl sites for hydroxylation is 1. The number of piperidine rings is 1. The van der Waals surface area contributed by atoms with E-state index in [4.69, 9.17) is 4.74 Å². The molecular weight excluding hydrogens is 358 g/mol. The summed E-state index contributed by atoms with van der Waals surface area (Å²) in [5.41, 5.74) is 3.12. The molecule has 1 aliphatic carbocycles. The lowest BCUT2D eigenvalue weighted by atomic mass is 9.71. The summed E-state index contributed by atoms with van der Waals surface area (Å²) >= 11 is 0. The predicted octanol–water partition coefficient (Wildman–Crippen LogP) is 6.23. The van der Waals surface area contributed by atoms with E-state index in [2.05, 4.69) is 37.0 Å². The Hall–Kier alpha value is -1.87. The van der Waals surface area contributed by atoms with Gasteiger partial charge >= 0.3 is 0 Å². The van der Waals surface area contributed by atoms with E-state index >= 15 is 0 Å². The summed E-state index contributed by atoms with van der Waals surface area (Å²) in [4.78, 5) is 16.1. The molecule has 0 saturated carbocycles. The molecule has 1 saturated heterocycles. The third kappa shape index (κ3) is 5.01. The average Bonchev–Trinajstić information content (AvgIpc) is 2.77. The predicted molar refractivity (Wildman–Crippen MR) is 123 cm³/mol. The van der Waals surface area contributed by atoms with Gasteiger partial charge in [0.15, 0.2) is 5.78 Å². The van der Waals surface area contributed by atoms with Gasteiger partial charge in [0.1, 0.15) is 5.75 Å². The van der Waals surface area contributed by atoms with E-state index in [1.807, 2.05) is 39.0 Å². The lowest BCUT2D eigenvalue weighted by molar-refractivity contribution is 0.0248. The number of likely N-dealkylation sites (tertiary alicyclic amines) is 1. The highest BCUT2D eigenvalue weighted by Gasteiger charge is 2.48. The minimum absolute atomic E-state index is 0.311. The summed E-state index contributed by atoms with van der Waals surface area (Å²) < 4.78 is 5.35. The Morgan fingerprint density at radius 3 is 2.72 bits per heavy atom. The van der Waals surface area contributed by atoms with Gasteiger partial charge in [-0.25, -0.2) is 0 Å². The van der Waals surface area contributed by atoms with Gasteiger partial charge in [-0.05, 0) is 82.2 Å². The fourth-order valence-corrected chi connectivity index (χ4v) is 4.62. The van der Waals surface area contributed by atoms with E-state index in [9.17, 15) is 4.79 Å². The van der Waals surface area contributed by atoms with Crippen molar-refractivity contribution in [2.24, 2.45) is 5.92 Å². The third-order valence-electron chi connectivity index (χ3n) is 6.48. The zero-order valence-corrected chi connectivity index (χ0v) is 19.3. The van der Waals surface area contributed by atoms with Crippen LogP contribution >= 0.6 is 0 Å². The van der Waals surface area contributed by atoms with Gasteiger partial charge in [-0.3, -0.25) is 9.69 Å². The fraction of sp³-hybridized carbons (Fsp3) is 0.577. The van der Waals surface area contributed by atoms with Gasteiger partial charge in [0.05, 0.1) is 12.6 Å². The van der Waals surface area contributed by atoms with Crippen molar-refractivity contribution in [1.82, 2.24) is 4.90 Å². The van der Waals surface area contributed by atoms with Gasteiger partial charge < -0.3 is 4.74 Å². The summed E-state index contributed by atoms with van der Waals surface area (Å²) in [6.45, 7) is 12.5. The second-order valence-electron chi connectivity index (χ2n) is 8.12. The molecule has 1 heterocycles. The first kappa shape index (κ1) is 23.4. The first-order valence-corrected chi connectivity index (χ1v) is 11.3. The van der Waals surface area contributed by atoms with E-state index in [0.29, 0.717) is 11.7 Å². The molecule has 0 radical (unpaired) electrons. The molecule has 3 rings (SSSR count). The Morgan fingerprint density at radius 2 is 2.03 bits per heavy atom. The second-order valence-corrected chi connectivity index (χ2v) is 8.12. The van der Waals surface area contributed by atoms with Crippen molar-refractivity contribution in [2.45, 2.75) is 72.3 Å². The largest absolute Gasteiger partial charge is 0.497 e. The quantitative estimate of drug-likeness (QED) is 0.551. The summed E-state index contributed by atoms with van der Waals surface area (Å²) in [7, 11) is 1.68. The van der Waals surface area contributed by atoms with Crippen LogP contribution in [0.4, 0.5) is 0 Å². The molecule has 1 spiro atoms. The van der Waals surface area contributed by atoms with Crippen molar-refractivity contribution in [2.75, 3.05) is 20.2 Å². The molecule has 2 atom stereocenters. The highest BCUT2D eigenvalue weighted by Crippen LogP contribution is 2.41. The Labute approximate surface area is 177 Å².